The molecule has 2 aromatic carbocycles. The van der Waals surface area contributed by atoms with Crippen molar-refractivity contribution in [2.24, 2.45) is 0 Å². The molecule has 0 unspecified atom stereocenters. The Bertz CT molecular complexity index is 819. The van der Waals surface area contributed by atoms with Gasteiger partial charge in [0.15, 0.2) is 6.10 Å². The number of aryl methyl sites for hydroxylation is 1. The summed E-state index contributed by atoms with van der Waals surface area (Å²) < 4.78 is 11.4. The number of methoxy groups -OCH3 is 1. The Labute approximate surface area is 173 Å². The van der Waals surface area contributed by atoms with Crippen molar-refractivity contribution in [3.63, 3.8) is 0 Å². The van der Waals surface area contributed by atoms with Gasteiger partial charge >= 0.3 is 0 Å². The van der Waals surface area contributed by atoms with E-state index in [0.717, 1.165) is 22.4 Å². The van der Waals surface area contributed by atoms with Gasteiger partial charge in [-0.1, -0.05) is 44.5 Å². The highest BCUT2D eigenvalue weighted by atomic mass is 35.5. The van der Waals surface area contributed by atoms with Crippen LogP contribution in [0.3, 0.4) is 0 Å². The van der Waals surface area contributed by atoms with Crippen molar-refractivity contribution in [1.82, 2.24) is 5.32 Å². The predicted molar refractivity (Wildman–Crippen MR) is 115 cm³/mol. The van der Waals surface area contributed by atoms with Gasteiger partial charge in [-0.3, -0.25) is 4.79 Å². The standard InChI is InChI=1S/C23H30ClNO3/c1-7-20(28-21-11-9-8-10-19(21)24)23(26)25-16(5)18-13-17(14(2)3)22(27-6)12-15(18)4/h8-14,16,20H,7H2,1-6H3,(H,25,26)/t16-,20+/m0/s1. The van der Waals surface area contributed by atoms with E-state index in [-0.39, 0.29) is 11.9 Å². The van der Waals surface area contributed by atoms with Crippen LogP contribution in [0, 0.1) is 6.92 Å². The molecule has 0 heterocycles. The molecular weight excluding hydrogens is 374 g/mol. The molecule has 0 aromatic heterocycles. The molecule has 5 heteroatoms. The molecule has 0 bridgehead atoms. The largest absolute Gasteiger partial charge is 0.496 e. The quantitative estimate of drug-likeness (QED) is 0.604. The number of carbonyl (C=O) groups is 1. The number of halogens is 1. The molecule has 2 rings (SSSR count). The summed E-state index contributed by atoms with van der Waals surface area (Å²) in [6, 6.07) is 11.2. The van der Waals surface area contributed by atoms with Crippen LogP contribution in [0.15, 0.2) is 36.4 Å². The number of rotatable bonds is 8. The Balaban J connectivity index is 2.18. The maximum absolute atomic E-state index is 12.8. The van der Waals surface area contributed by atoms with Crippen molar-refractivity contribution in [2.45, 2.75) is 59.1 Å². The van der Waals surface area contributed by atoms with Crippen LogP contribution in [0.2, 0.25) is 5.02 Å². The van der Waals surface area contributed by atoms with E-state index in [2.05, 4.69) is 25.2 Å². The second-order valence-electron chi connectivity index (χ2n) is 7.28. The van der Waals surface area contributed by atoms with E-state index in [0.29, 0.717) is 23.1 Å². The summed E-state index contributed by atoms with van der Waals surface area (Å²) in [5.41, 5.74) is 3.28. The van der Waals surface area contributed by atoms with Crippen LogP contribution in [0.4, 0.5) is 0 Å². The van der Waals surface area contributed by atoms with E-state index in [4.69, 9.17) is 21.1 Å². The number of nitrogens with one attached hydrogen (secondary N) is 1. The number of benzene rings is 2. The number of ether oxygens (including phenoxy) is 2. The van der Waals surface area contributed by atoms with Gasteiger partial charge in [0.05, 0.1) is 18.2 Å². The Morgan fingerprint density at radius 2 is 1.79 bits per heavy atom. The van der Waals surface area contributed by atoms with E-state index in [1.807, 2.05) is 39.0 Å². The van der Waals surface area contributed by atoms with Crippen LogP contribution in [0.5, 0.6) is 11.5 Å². The number of amides is 1. The highest BCUT2D eigenvalue weighted by Crippen LogP contribution is 2.32. The van der Waals surface area contributed by atoms with Crippen molar-refractivity contribution in [3.05, 3.63) is 58.1 Å². The second kappa shape index (κ2) is 9.83. The first-order valence-corrected chi connectivity index (χ1v) is 10.1. The van der Waals surface area contributed by atoms with Crippen molar-refractivity contribution in [2.75, 3.05) is 7.11 Å². The average Bonchev–Trinajstić information content (AvgIpc) is 2.66. The van der Waals surface area contributed by atoms with Crippen LogP contribution in [0.1, 0.15) is 62.8 Å². The summed E-state index contributed by atoms with van der Waals surface area (Å²) >= 11 is 6.16. The van der Waals surface area contributed by atoms with Gasteiger partial charge in [0.2, 0.25) is 0 Å². The minimum Gasteiger partial charge on any atom is -0.496 e. The molecule has 1 N–H and O–H groups in total. The summed E-state index contributed by atoms with van der Waals surface area (Å²) in [7, 11) is 1.68. The van der Waals surface area contributed by atoms with E-state index >= 15 is 0 Å². The Morgan fingerprint density at radius 1 is 1.11 bits per heavy atom. The first kappa shape index (κ1) is 22.1. The Morgan fingerprint density at radius 3 is 2.36 bits per heavy atom. The number of carbonyl (C=O) groups excluding carboxylic acids is 1. The summed E-state index contributed by atoms with van der Waals surface area (Å²) in [4.78, 5) is 12.8. The number of hydrogen-bond donors (Lipinski definition) is 1. The van der Waals surface area contributed by atoms with Crippen molar-refractivity contribution in [3.8, 4) is 11.5 Å². The molecule has 0 saturated carbocycles. The summed E-state index contributed by atoms with van der Waals surface area (Å²) in [5.74, 6) is 1.56. The van der Waals surface area contributed by atoms with Crippen LogP contribution >= 0.6 is 11.6 Å². The molecule has 2 atom stereocenters. The fourth-order valence-corrected chi connectivity index (χ4v) is 3.39. The van der Waals surface area contributed by atoms with Gasteiger partial charge in [0.1, 0.15) is 11.5 Å². The molecule has 0 aliphatic heterocycles. The topological polar surface area (TPSA) is 47.6 Å². The second-order valence-corrected chi connectivity index (χ2v) is 7.69. The maximum Gasteiger partial charge on any atom is 0.261 e. The molecule has 0 radical (unpaired) electrons. The van der Waals surface area contributed by atoms with Gasteiger partial charge in [0, 0.05) is 0 Å². The van der Waals surface area contributed by atoms with Gasteiger partial charge in [-0.05, 0) is 67.1 Å². The monoisotopic (exact) mass is 403 g/mol. The molecule has 0 spiro atoms. The maximum atomic E-state index is 12.8. The third kappa shape index (κ3) is 5.20. The smallest absolute Gasteiger partial charge is 0.261 e. The molecule has 28 heavy (non-hydrogen) atoms. The van der Waals surface area contributed by atoms with Crippen molar-refractivity contribution in [1.29, 1.82) is 0 Å². The Kier molecular flexibility index (Phi) is 7.76. The number of para-hydroxylation sites is 1. The number of hydrogen-bond acceptors (Lipinski definition) is 3. The molecule has 0 aliphatic carbocycles. The van der Waals surface area contributed by atoms with Crippen LogP contribution in [-0.2, 0) is 4.79 Å². The normalized spacial score (nSPS) is 13.1. The average molecular weight is 404 g/mol. The zero-order valence-corrected chi connectivity index (χ0v) is 18.3. The third-order valence-corrected chi connectivity index (χ3v) is 5.15. The van der Waals surface area contributed by atoms with Gasteiger partial charge in [-0.15, -0.1) is 0 Å². The fraction of sp³-hybridized carbons (Fsp3) is 0.435. The highest BCUT2D eigenvalue weighted by Gasteiger charge is 2.23. The molecule has 0 saturated heterocycles. The lowest BCUT2D eigenvalue weighted by atomic mass is 9.93. The van der Waals surface area contributed by atoms with E-state index in [1.54, 1.807) is 19.2 Å². The van der Waals surface area contributed by atoms with Crippen LogP contribution < -0.4 is 14.8 Å². The molecule has 4 nitrogen and oxygen atoms in total. The van der Waals surface area contributed by atoms with Gasteiger partial charge in [0.25, 0.3) is 5.91 Å². The summed E-state index contributed by atoms with van der Waals surface area (Å²) in [5, 5.41) is 3.58. The van der Waals surface area contributed by atoms with E-state index in [9.17, 15) is 4.79 Å². The minimum absolute atomic E-state index is 0.153. The molecule has 2 aromatic rings. The molecule has 1 amide bonds. The van der Waals surface area contributed by atoms with Crippen molar-refractivity contribution < 1.29 is 14.3 Å². The lowest BCUT2D eigenvalue weighted by Crippen LogP contribution is -2.39. The lowest BCUT2D eigenvalue weighted by Gasteiger charge is -2.24. The molecule has 0 aliphatic rings. The molecule has 0 fully saturated rings. The van der Waals surface area contributed by atoms with Crippen molar-refractivity contribution >= 4 is 17.5 Å². The van der Waals surface area contributed by atoms with Gasteiger partial charge in [-0.2, -0.15) is 0 Å². The first-order valence-electron chi connectivity index (χ1n) is 9.68. The van der Waals surface area contributed by atoms with Crippen LogP contribution in [-0.4, -0.2) is 19.1 Å². The molecule has 152 valence electrons. The Hall–Kier alpha value is -2.20. The van der Waals surface area contributed by atoms with Gasteiger partial charge < -0.3 is 14.8 Å². The van der Waals surface area contributed by atoms with E-state index < -0.39 is 6.10 Å². The summed E-state index contributed by atoms with van der Waals surface area (Å²) in [6.07, 6.45) is -0.0618. The highest BCUT2D eigenvalue weighted by molar-refractivity contribution is 6.32. The lowest BCUT2D eigenvalue weighted by molar-refractivity contribution is -0.128. The molecular formula is C23H30ClNO3. The minimum atomic E-state index is -0.606. The third-order valence-electron chi connectivity index (χ3n) is 4.83. The zero-order valence-electron chi connectivity index (χ0n) is 17.5. The fourth-order valence-electron chi connectivity index (χ4n) is 3.21. The SMILES string of the molecule is CC[C@@H](Oc1ccccc1Cl)C(=O)N[C@@H](C)c1cc(C(C)C)c(OC)cc1C. The van der Waals surface area contributed by atoms with Crippen LogP contribution in [0.25, 0.3) is 0 Å². The first-order chi connectivity index (χ1) is 13.3. The predicted octanol–water partition coefficient (Wildman–Crippen LogP) is 5.82. The van der Waals surface area contributed by atoms with E-state index in [1.165, 1.54) is 0 Å². The van der Waals surface area contributed by atoms with Gasteiger partial charge in [-0.25, -0.2) is 0 Å². The summed E-state index contributed by atoms with van der Waals surface area (Å²) in [6.45, 7) is 10.2. The zero-order chi connectivity index (χ0) is 20.8.